The molecule has 0 spiro atoms. The summed E-state index contributed by atoms with van der Waals surface area (Å²) in [5.74, 6) is -0.476. The minimum absolute atomic E-state index is 0.181. The Hall–Kier alpha value is -6.32. The second-order valence-electron chi connectivity index (χ2n) is 13.8. The van der Waals surface area contributed by atoms with E-state index in [1.807, 2.05) is 42.5 Å². The van der Waals surface area contributed by atoms with Crippen LogP contribution in [-0.2, 0) is 5.41 Å². The lowest BCUT2D eigenvalue weighted by Gasteiger charge is -2.36. The average Bonchev–Trinajstić information content (AvgIpc) is 3.57. The first-order valence-electron chi connectivity index (χ1n) is 17.4. The van der Waals surface area contributed by atoms with Gasteiger partial charge in [-0.2, -0.15) is 0 Å². The monoisotopic (exact) mass is 657 g/mol. The van der Waals surface area contributed by atoms with E-state index in [1.54, 1.807) is 6.08 Å². The van der Waals surface area contributed by atoms with Crippen molar-refractivity contribution >= 4 is 44.5 Å². The van der Waals surface area contributed by atoms with Crippen LogP contribution in [0.3, 0.4) is 0 Å². The number of anilines is 2. The lowest BCUT2D eigenvalue weighted by molar-refractivity contribution is 0.0988. The number of hydrogen-bond acceptors (Lipinski definition) is 3. The maximum absolute atomic E-state index is 14.1. The Morgan fingerprint density at radius 2 is 1.04 bits per heavy atom. The van der Waals surface area contributed by atoms with E-state index >= 15 is 0 Å². The van der Waals surface area contributed by atoms with E-state index in [2.05, 4.69) is 135 Å². The molecule has 7 aromatic rings. The lowest BCUT2D eigenvalue weighted by atomic mass is 9.67. The molecule has 0 atom stereocenters. The summed E-state index contributed by atoms with van der Waals surface area (Å²) in [6, 6.07) is 50.4. The van der Waals surface area contributed by atoms with Crippen molar-refractivity contribution in [3.8, 4) is 0 Å². The molecule has 0 aromatic heterocycles. The molecule has 7 aromatic carbocycles. The van der Waals surface area contributed by atoms with Gasteiger partial charge in [0.2, 0.25) is 0 Å². The zero-order valence-corrected chi connectivity index (χ0v) is 28.8. The van der Waals surface area contributed by atoms with Crippen molar-refractivity contribution in [2.75, 3.05) is 4.90 Å². The first-order valence-corrected chi connectivity index (χ1v) is 17.4. The van der Waals surface area contributed by atoms with Crippen LogP contribution in [0.25, 0.3) is 21.5 Å². The van der Waals surface area contributed by atoms with Gasteiger partial charge in [-0.15, -0.1) is 0 Å². The molecule has 0 amide bonds. The summed E-state index contributed by atoms with van der Waals surface area (Å²) in [6.07, 6.45) is 3.83. The Morgan fingerprint density at radius 3 is 1.61 bits per heavy atom. The van der Waals surface area contributed by atoms with Gasteiger partial charge in [-0.25, -0.2) is 0 Å². The molecule has 0 saturated heterocycles. The highest BCUT2D eigenvalue weighted by molar-refractivity contribution is 6.40. The van der Waals surface area contributed by atoms with E-state index in [4.69, 9.17) is 0 Å². The van der Waals surface area contributed by atoms with Crippen molar-refractivity contribution in [1.82, 2.24) is 0 Å². The van der Waals surface area contributed by atoms with E-state index in [-0.39, 0.29) is 17.1 Å². The van der Waals surface area contributed by atoms with Crippen molar-refractivity contribution in [1.29, 1.82) is 0 Å². The van der Waals surface area contributed by atoms with Crippen molar-refractivity contribution in [2.24, 2.45) is 0 Å². The van der Waals surface area contributed by atoms with Gasteiger partial charge >= 0.3 is 0 Å². The minimum atomic E-state index is -0.800. The first kappa shape index (κ1) is 30.7. The first-order chi connectivity index (χ1) is 24.9. The van der Waals surface area contributed by atoms with Crippen LogP contribution in [0, 0.1) is 20.8 Å². The molecule has 51 heavy (non-hydrogen) atoms. The van der Waals surface area contributed by atoms with E-state index in [0.29, 0.717) is 11.1 Å². The van der Waals surface area contributed by atoms with E-state index in [0.717, 1.165) is 60.9 Å². The molecule has 3 nitrogen and oxygen atoms in total. The third-order valence-electron chi connectivity index (χ3n) is 10.7. The molecule has 3 heteroatoms. The average molecular weight is 658 g/mol. The SMILES string of the molecule is Cc1cc(C)c(N2/C(=C\C=C3C(=O)c4cc5ccccc5cc4C3=O)C(c3ccccc3)(c3ccccc3)c3c2ccc2ccccc32)c(C)c1. The van der Waals surface area contributed by atoms with Gasteiger partial charge in [0.1, 0.15) is 0 Å². The van der Waals surface area contributed by atoms with Gasteiger partial charge in [0.05, 0.1) is 22.4 Å². The van der Waals surface area contributed by atoms with Crippen LogP contribution in [0.2, 0.25) is 0 Å². The number of rotatable bonds is 4. The summed E-state index contributed by atoms with van der Waals surface area (Å²) >= 11 is 0. The third kappa shape index (κ3) is 4.51. The zero-order valence-electron chi connectivity index (χ0n) is 28.8. The number of nitrogens with zero attached hydrogens (tertiary/aromatic N) is 1. The number of fused-ring (bicyclic) bond motifs is 5. The maximum Gasteiger partial charge on any atom is 0.197 e. The summed E-state index contributed by atoms with van der Waals surface area (Å²) in [6.45, 7) is 6.47. The largest absolute Gasteiger partial charge is 0.312 e. The van der Waals surface area contributed by atoms with Gasteiger partial charge in [0.15, 0.2) is 11.6 Å². The van der Waals surface area contributed by atoms with Crippen LogP contribution in [0.1, 0.15) is 54.1 Å². The Kier molecular flexibility index (Phi) is 7.01. The topological polar surface area (TPSA) is 37.4 Å². The summed E-state index contributed by atoms with van der Waals surface area (Å²) in [7, 11) is 0. The highest BCUT2D eigenvalue weighted by atomic mass is 16.2. The standard InChI is InChI=1S/C48H35NO2/c1-30-26-31(2)45(32(3)27-30)49-42-24-22-33-14-12-13-21-38(33)44(42)48(36-17-6-4-7-18-36,37-19-8-5-9-20-37)43(49)25-23-39-46(50)40-28-34-15-10-11-16-35(34)29-41(40)47(39)51/h4-29H,1-3H3/b43-25-. The molecule has 2 aliphatic rings. The molecule has 0 saturated carbocycles. The number of carbonyl (C=O) groups is 2. The van der Waals surface area contributed by atoms with Gasteiger partial charge < -0.3 is 4.90 Å². The van der Waals surface area contributed by atoms with Crippen LogP contribution >= 0.6 is 0 Å². The smallest absolute Gasteiger partial charge is 0.197 e. The number of hydrogen-bond donors (Lipinski definition) is 0. The predicted octanol–water partition coefficient (Wildman–Crippen LogP) is 11.3. The quantitative estimate of drug-likeness (QED) is 0.140. The number of aryl methyl sites for hydroxylation is 3. The van der Waals surface area contributed by atoms with Crippen molar-refractivity contribution in [2.45, 2.75) is 26.2 Å². The highest BCUT2D eigenvalue weighted by Gasteiger charge is 2.51. The third-order valence-corrected chi connectivity index (χ3v) is 10.7. The van der Waals surface area contributed by atoms with E-state index in [1.165, 1.54) is 11.1 Å². The lowest BCUT2D eigenvalue weighted by Crippen LogP contribution is -2.32. The molecule has 0 unspecified atom stereocenters. The summed E-state index contributed by atoms with van der Waals surface area (Å²) in [5.41, 5.74) is 10.3. The molecule has 0 N–H and O–H groups in total. The molecule has 0 bridgehead atoms. The normalized spacial score (nSPS) is 15.5. The minimum Gasteiger partial charge on any atom is -0.312 e. The number of benzene rings is 7. The summed E-state index contributed by atoms with van der Waals surface area (Å²) in [4.78, 5) is 30.6. The van der Waals surface area contributed by atoms with Crippen molar-refractivity contribution in [3.63, 3.8) is 0 Å². The van der Waals surface area contributed by atoms with Crippen LogP contribution in [0.4, 0.5) is 11.4 Å². The second-order valence-corrected chi connectivity index (χ2v) is 13.8. The van der Waals surface area contributed by atoms with Crippen LogP contribution in [0.5, 0.6) is 0 Å². The van der Waals surface area contributed by atoms with Gasteiger partial charge in [-0.1, -0.05) is 133 Å². The second kappa shape index (κ2) is 11.6. The van der Waals surface area contributed by atoms with Crippen LogP contribution in [0.15, 0.2) is 169 Å². The fourth-order valence-corrected chi connectivity index (χ4v) is 8.68. The van der Waals surface area contributed by atoms with Gasteiger partial charge in [-0.05, 0) is 94.9 Å². The van der Waals surface area contributed by atoms with Gasteiger partial charge in [-0.3, -0.25) is 9.59 Å². The van der Waals surface area contributed by atoms with Crippen LogP contribution in [-0.4, -0.2) is 11.6 Å². The molecule has 1 aliphatic heterocycles. The molecule has 244 valence electrons. The molecule has 9 rings (SSSR count). The van der Waals surface area contributed by atoms with Crippen molar-refractivity contribution in [3.05, 3.63) is 214 Å². The molecular weight excluding hydrogens is 623 g/mol. The van der Waals surface area contributed by atoms with E-state index < -0.39 is 5.41 Å². The fourth-order valence-electron chi connectivity index (χ4n) is 8.68. The molecule has 0 radical (unpaired) electrons. The number of carbonyl (C=O) groups excluding carboxylic acids is 2. The fraction of sp³-hybridized carbons (Fsp3) is 0.0833. The maximum atomic E-state index is 14.1. The molecule has 1 heterocycles. The Morgan fingerprint density at radius 1 is 0.529 bits per heavy atom. The highest BCUT2D eigenvalue weighted by Crippen LogP contribution is 2.60. The Balaban J connectivity index is 1.41. The Bertz CT molecular complexity index is 2530. The molecular formula is C48H35NO2. The Labute approximate surface area is 297 Å². The number of ketones is 2. The molecule has 1 aliphatic carbocycles. The van der Waals surface area contributed by atoms with Gasteiger partial charge in [0.25, 0.3) is 0 Å². The summed E-state index contributed by atoms with van der Waals surface area (Å²) < 4.78 is 0. The predicted molar refractivity (Wildman–Crippen MR) is 208 cm³/mol. The van der Waals surface area contributed by atoms with E-state index in [9.17, 15) is 9.59 Å². The number of allylic oxidation sites excluding steroid dienone is 4. The number of Topliss-reactive ketones (excluding diaryl/α,β-unsaturated/α-hetero) is 2. The summed E-state index contributed by atoms with van der Waals surface area (Å²) in [5, 5.41) is 4.18. The van der Waals surface area contributed by atoms with Gasteiger partial charge in [0, 0.05) is 22.4 Å². The molecule has 0 fully saturated rings. The van der Waals surface area contributed by atoms with Crippen LogP contribution < -0.4 is 4.90 Å². The van der Waals surface area contributed by atoms with Crippen molar-refractivity contribution < 1.29 is 9.59 Å². The zero-order chi connectivity index (χ0) is 34.9.